The average molecular weight is 411 g/mol. The number of nitrogens with zero attached hydrogens (tertiary/aromatic N) is 2. The first-order valence-electron chi connectivity index (χ1n) is 9.08. The fourth-order valence-corrected chi connectivity index (χ4v) is 3.33. The van der Waals surface area contributed by atoms with Crippen LogP contribution < -0.4 is 5.73 Å². The van der Waals surface area contributed by atoms with Crippen molar-refractivity contribution in [2.24, 2.45) is 11.1 Å². The third-order valence-corrected chi connectivity index (χ3v) is 4.54. The number of pyridine rings is 1. The molecule has 0 spiro atoms. The normalized spacial score (nSPS) is 14.0. The van der Waals surface area contributed by atoms with Gasteiger partial charge < -0.3 is 10.3 Å². The van der Waals surface area contributed by atoms with E-state index in [1.165, 1.54) is 36.5 Å². The van der Waals surface area contributed by atoms with E-state index in [0.717, 1.165) is 6.07 Å². The van der Waals surface area contributed by atoms with E-state index >= 15 is 0 Å². The lowest BCUT2D eigenvalue weighted by molar-refractivity contribution is -0.137. The van der Waals surface area contributed by atoms with Crippen LogP contribution in [0, 0.1) is 5.41 Å². The lowest BCUT2D eigenvalue weighted by atomic mass is 9.97. The van der Waals surface area contributed by atoms with E-state index in [-0.39, 0.29) is 22.2 Å². The number of hydrogen-bond acceptors (Lipinski definition) is 2. The van der Waals surface area contributed by atoms with Crippen LogP contribution >= 0.6 is 0 Å². The Bertz CT molecular complexity index is 1020. The first-order chi connectivity index (χ1) is 13.4. The van der Waals surface area contributed by atoms with Crippen LogP contribution in [0.1, 0.15) is 37.9 Å². The van der Waals surface area contributed by atoms with Crippen LogP contribution in [0.2, 0.25) is 0 Å². The van der Waals surface area contributed by atoms with Gasteiger partial charge in [-0.3, -0.25) is 0 Å². The predicted octanol–water partition coefficient (Wildman–Crippen LogP) is 6.03. The average Bonchev–Trinajstić information content (AvgIpc) is 2.96. The van der Waals surface area contributed by atoms with Crippen molar-refractivity contribution >= 4 is 11.0 Å². The molecule has 8 heteroatoms. The zero-order chi connectivity index (χ0) is 21.6. The maximum absolute atomic E-state index is 13.4. The molecule has 1 atom stereocenters. The summed E-state index contributed by atoms with van der Waals surface area (Å²) >= 11 is 0. The van der Waals surface area contributed by atoms with Gasteiger partial charge in [-0.2, -0.15) is 13.2 Å². The van der Waals surface area contributed by atoms with Crippen LogP contribution in [0.4, 0.5) is 22.0 Å². The van der Waals surface area contributed by atoms with Gasteiger partial charge in [-0.25, -0.2) is 13.8 Å². The molecular weight excluding hydrogens is 389 g/mol. The van der Waals surface area contributed by atoms with E-state index in [1.54, 1.807) is 4.57 Å². The molecule has 2 aromatic heterocycles. The van der Waals surface area contributed by atoms with Crippen molar-refractivity contribution in [3.8, 4) is 11.3 Å². The van der Waals surface area contributed by atoms with Gasteiger partial charge >= 0.3 is 6.18 Å². The van der Waals surface area contributed by atoms with Crippen molar-refractivity contribution in [2.75, 3.05) is 0 Å². The first kappa shape index (κ1) is 21.2. The van der Waals surface area contributed by atoms with E-state index in [4.69, 9.17) is 5.73 Å². The number of nitrogens with two attached hydrogens (primary N) is 1. The minimum atomic E-state index is -4.54. The number of alkyl halides is 5. The Kier molecular flexibility index (Phi) is 5.42. The highest BCUT2D eigenvalue weighted by Gasteiger charge is 2.34. The van der Waals surface area contributed by atoms with Gasteiger partial charge in [-0.1, -0.05) is 39.0 Å². The summed E-state index contributed by atoms with van der Waals surface area (Å²) in [4.78, 5) is 4.43. The van der Waals surface area contributed by atoms with Gasteiger partial charge in [0.15, 0.2) is 0 Å². The number of rotatable bonds is 4. The molecule has 1 aromatic carbocycles. The second kappa shape index (κ2) is 7.40. The summed E-state index contributed by atoms with van der Waals surface area (Å²) in [7, 11) is 0. The van der Waals surface area contributed by atoms with E-state index in [0.29, 0.717) is 17.6 Å². The molecule has 3 aromatic rings. The second-order valence-corrected chi connectivity index (χ2v) is 8.24. The van der Waals surface area contributed by atoms with Gasteiger partial charge in [-0.15, -0.1) is 0 Å². The lowest BCUT2D eigenvalue weighted by Crippen LogP contribution is -2.19. The molecule has 3 nitrogen and oxygen atoms in total. The first-order valence-corrected chi connectivity index (χ1v) is 9.08. The smallest absolute Gasteiger partial charge is 0.332 e. The highest BCUT2D eigenvalue weighted by molar-refractivity contribution is 5.84. The molecular formula is C21H22F5N3. The number of hydrogen-bond donors (Lipinski definition) is 1. The monoisotopic (exact) mass is 411 g/mol. The molecule has 0 fully saturated rings. The Labute approximate surface area is 165 Å². The fraction of sp³-hybridized carbons (Fsp3) is 0.381. The highest BCUT2D eigenvalue weighted by atomic mass is 19.4. The number of fused-ring (bicyclic) bond motifs is 1. The zero-order valence-corrected chi connectivity index (χ0v) is 16.3. The molecule has 0 aliphatic rings. The standard InChI is InChI=1S/C21H22F5N3/c1-20(2,3)11-29-10-14(17(27)18(22)23)12-8-9-16(28-19(12)29)13-6-4-5-7-15(13)21(24,25)26/h4-10,17-18H,11,27H2,1-3H3/t17-/m0/s1. The Balaban J connectivity index is 2.23. The van der Waals surface area contributed by atoms with Crippen molar-refractivity contribution < 1.29 is 22.0 Å². The lowest BCUT2D eigenvalue weighted by Gasteiger charge is -2.19. The molecule has 3 rings (SSSR count). The third-order valence-electron chi connectivity index (χ3n) is 4.54. The third kappa shape index (κ3) is 4.42. The zero-order valence-electron chi connectivity index (χ0n) is 16.3. The summed E-state index contributed by atoms with van der Waals surface area (Å²) < 4.78 is 68.4. The molecule has 0 bridgehead atoms. The summed E-state index contributed by atoms with van der Waals surface area (Å²) in [6.45, 7) is 6.34. The summed E-state index contributed by atoms with van der Waals surface area (Å²) in [6, 6.07) is 6.58. The van der Waals surface area contributed by atoms with Gasteiger partial charge in [0.2, 0.25) is 0 Å². The Morgan fingerprint density at radius 3 is 2.28 bits per heavy atom. The summed E-state index contributed by atoms with van der Waals surface area (Å²) in [6.07, 6.45) is -5.78. The topological polar surface area (TPSA) is 43.8 Å². The van der Waals surface area contributed by atoms with Gasteiger partial charge in [0.05, 0.1) is 17.3 Å². The van der Waals surface area contributed by atoms with E-state index in [1.807, 2.05) is 20.8 Å². The van der Waals surface area contributed by atoms with E-state index in [2.05, 4.69) is 4.98 Å². The van der Waals surface area contributed by atoms with Crippen LogP contribution in [0.25, 0.3) is 22.3 Å². The van der Waals surface area contributed by atoms with Crippen LogP contribution in [-0.4, -0.2) is 16.0 Å². The summed E-state index contributed by atoms with van der Waals surface area (Å²) in [5.74, 6) is 0. The minimum Gasteiger partial charge on any atom is -0.332 e. The van der Waals surface area contributed by atoms with E-state index < -0.39 is 24.2 Å². The molecule has 0 radical (unpaired) electrons. The van der Waals surface area contributed by atoms with Gasteiger partial charge in [-0.05, 0) is 23.6 Å². The Hall–Kier alpha value is -2.48. The van der Waals surface area contributed by atoms with Crippen LogP contribution in [0.3, 0.4) is 0 Å². The van der Waals surface area contributed by atoms with Crippen molar-refractivity contribution in [1.82, 2.24) is 9.55 Å². The van der Waals surface area contributed by atoms with Crippen molar-refractivity contribution in [1.29, 1.82) is 0 Å². The molecule has 29 heavy (non-hydrogen) atoms. The summed E-state index contributed by atoms with van der Waals surface area (Å²) in [5, 5.41) is 0.412. The second-order valence-electron chi connectivity index (χ2n) is 8.24. The predicted molar refractivity (Wildman–Crippen MR) is 103 cm³/mol. The van der Waals surface area contributed by atoms with Crippen molar-refractivity contribution in [3.05, 3.63) is 53.7 Å². The molecule has 2 heterocycles. The molecule has 0 unspecified atom stereocenters. The van der Waals surface area contributed by atoms with E-state index in [9.17, 15) is 22.0 Å². The highest BCUT2D eigenvalue weighted by Crippen LogP contribution is 2.38. The SMILES string of the molecule is CC(C)(C)Cn1cc([C@H](N)C(F)F)c2ccc(-c3ccccc3C(F)(F)F)nc21. The molecule has 0 amide bonds. The molecule has 0 aliphatic carbocycles. The molecule has 0 saturated carbocycles. The van der Waals surface area contributed by atoms with Crippen LogP contribution in [0.15, 0.2) is 42.6 Å². The number of aromatic nitrogens is 2. The maximum Gasteiger partial charge on any atom is 0.417 e. The summed E-state index contributed by atoms with van der Waals surface area (Å²) in [5.41, 5.74) is 5.28. The molecule has 156 valence electrons. The minimum absolute atomic E-state index is 0.0647. The molecule has 0 aliphatic heterocycles. The molecule has 2 N–H and O–H groups in total. The quantitative estimate of drug-likeness (QED) is 0.533. The van der Waals surface area contributed by atoms with Crippen molar-refractivity contribution in [3.63, 3.8) is 0 Å². The Morgan fingerprint density at radius 2 is 1.69 bits per heavy atom. The van der Waals surface area contributed by atoms with Gasteiger partial charge in [0.1, 0.15) is 5.65 Å². The number of benzene rings is 1. The van der Waals surface area contributed by atoms with Gasteiger partial charge in [0.25, 0.3) is 6.43 Å². The van der Waals surface area contributed by atoms with Crippen LogP contribution in [-0.2, 0) is 12.7 Å². The van der Waals surface area contributed by atoms with Crippen molar-refractivity contribution in [2.45, 2.75) is 46.0 Å². The largest absolute Gasteiger partial charge is 0.417 e. The maximum atomic E-state index is 13.4. The fourth-order valence-electron chi connectivity index (χ4n) is 3.33. The number of halogens is 5. The van der Waals surface area contributed by atoms with Crippen LogP contribution in [0.5, 0.6) is 0 Å². The van der Waals surface area contributed by atoms with Gasteiger partial charge in [0, 0.05) is 29.3 Å². The molecule has 0 saturated heterocycles. The Morgan fingerprint density at radius 1 is 1.03 bits per heavy atom.